The first-order valence-corrected chi connectivity index (χ1v) is 13.4. The molecule has 8 nitrogen and oxygen atoms in total. The molecule has 1 saturated heterocycles. The van der Waals surface area contributed by atoms with Crippen molar-refractivity contribution < 1.29 is 4.79 Å². The number of hydrogen-bond acceptors (Lipinski definition) is 6. The van der Waals surface area contributed by atoms with Gasteiger partial charge < -0.3 is 9.80 Å². The molecule has 1 aliphatic heterocycles. The highest BCUT2D eigenvalue weighted by Gasteiger charge is 2.53. The van der Waals surface area contributed by atoms with E-state index < -0.39 is 0 Å². The predicted molar refractivity (Wildman–Crippen MR) is 151 cm³/mol. The van der Waals surface area contributed by atoms with Crippen LogP contribution in [-0.4, -0.2) is 61.7 Å². The molecule has 39 heavy (non-hydrogen) atoms. The highest BCUT2D eigenvalue weighted by atomic mass is 16.2. The first-order chi connectivity index (χ1) is 19.1. The summed E-state index contributed by atoms with van der Waals surface area (Å²) >= 11 is 0. The lowest BCUT2D eigenvalue weighted by atomic mass is 9.94. The SMILES string of the molecule is Cn1cc(-c2cc(-c3ccc(N4CCN(C(=O)C5(c6ccccc6)CC5)CC4)nc3)c3cncnc3c2)cn1. The second kappa shape index (κ2) is 9.31. The number of piperazine rings is 1. The van der Waals surface area contributed by atoms with E-state index in [0.29, 0.717) is 13.1 Å². The molecule has 0 spiro atoms. The van der Waals surface area contributed by atoms with Gasteiger partial charge in [0.2, 0.25) is 5.91 Å². The van der Waals surface area contributed by atoms with Gasteiger partial charge in [0.1, 0.15) is 12.1 Å². The van der Waals surface area contributed by atoms with E-state index in [4.69, 9.17) is 4.98 Å². The van der Waals surface area contributed by atoms with Gasteiger partial charge in [-0.1, -0.05) is 30.3 Å². The van der Waals surface area contributed by atoms with Crippen molar-refractivity contribution in [3.63, 3.8) is 0 Å². The van der Waals surface area contributed by atoms with Gasteiger partial charge in [-0.15, -0.1) is 0 Å². The van der Waals surface area contributed by atoms with E-state index in [0.717, 1.165) is 70.5 Å². The Labute approximate surface area is 227 Å². The number of aryl methyl sites for hydroxylation is 1. The van der Waals surface area contributed by atoms with Gasteiger partial charge in [-0.05, 0) is 53.8 Å². The molecule has 2 aliphatic rings. The van der Waals surface area contributed by atoms with Crippen LogP contribution in [0.15, 0.2) is 85.7 Å². The third-order valence-corrected chi connectivity index (χ3v) is 8.10. The van der Waals surface area contributed by atoms with Crippen LogP contribution in [0.3, 0.4) is 0 Å². The lowest BCUT2D eigenvalue weighted by molar-refractivity contribution is -0.134. The Morgan fingerprint density at radius 1 is 0.846 bits per heavy atom. The summed E-state index contributed by atoms with van der Waals surface area (Å²) < 4.78 is 1.80. The van der Waals surface area contributed by atoms with Crippen molar-refractivity contribution in [1.82, 2.24) is 29.6 Å². The fourth-order valence-electron chi connectivity index (χ4n) is 5.74. The van der Waals surface area contributed by atoms with Crippen molar-refractivity contribution in [2.45, 2.75) is 18.3 Å². The van der Waals surface area contributed by atoms with Crippen LogP contribution in [0.1, 0.15) is 18.4 Å². The van der Waals surface area contributed by atoms with E-state index in [1.807, 2.05) is 54.9 Å². The van der Waals surface area contributed by atoms with Crippen molar-refractivity contribution >= 4 is 22.6 Å². The zero-order valence-corrected chi connectivity index (χ0v) is 21.9. The number of nitrogens with zero attached hydrogens (tertiary/aromatic N) is 7. The van der Waals surface area contributed by atoms with Crippen LogP contribution >= 0.6 is 0 Å². The quantitative estimate of drug-likeness (QED) is 0.344. The molecular weight excluding hydrogens is 486 g/mol. The number of rotatable bonds is 5. The van der Waals surface area contributed by atoms with Crippen LogP contribution in [0.4, 0.5) is 5.82 Å². The van der Waals surface area contributed by atoms with Crippen molar-refractivity contribution in [3.8, 4) is 22.3 Å². The number of carbonyl (C=O) groups excluding carboxylic acids is 1. The molecule has 0 unspecified atom stereocenters. The highest BCUT2D eigenvalue weighted by molar-refractivity contribution is 5.97. The van der Waals surface area contributed by atoms with E-state index in [2.05, 4.69) is 56.4 Å². The van der Waals surface area contributed by atoms with Crippen LogP contribution in [0.2, 0.25) is 0 Å². The Morgan fingerprint density at radius 3 is 2.36 bits per heavy atom. The maximum absolute atomic E-state index is 13.4. The summed E-state index contributed by atoms with van der Waals surface area (Å²) in [6, 6.07) is 18.7. The molecule has 0 N–H and O–H groups in total. The summed E-state index contributed by atoms with van der Waals surface area (Å²) in [7, 11) is 1.92. The molecule has 1 aliphatic carbocycles. The van der Waals surface area contributed by atoms with Gasteiger partial charge in [0, 0.05) is 68.3 Å². The molecule has 4 heterocycles. The molecule has 0 radical (unpaired) electrons. The molecule has 2 aromatic carbocycles. The molecule has 1 amide bonds. The molecule has 8 heteroatoms. The topological polar surface area (TPSA) is 80.0 Å². The third kappa shape index (κ3) is 4.22. The number of aromatic nitrogens is 5. The van der Waals surface area contributed by atoms with E-state index in [1.54, 1.807) is 11.0 Å². The Balaban J connectivity index is 1.09. The van der Waals surface area contributed by atoms with Crippen molar-refractivity contribution in [1.29, 1.82) is 0 Å². The van der Waals surface area contributed by atoms with Gasteiger partial charge in [0.15, 0.2) is 0 Å². The monoisotopic (exact) mass is 515 g/mol. The van der Waals surface area contributed by atoms with Crippen LogP contribution in [0, 0.1) is 0 Å². The van der Waals surface area contributed by atoms with E-state index in [-0.39, 0.29) is 11.3 Å². The highest BCUT2D eigenvalue weighted by Crippen LogP contribution is 2.49. The maximum Gasteiger partial charge on any atom is 0.233 e. The van der Waals surface area contributed by atoms with Gasteiger partial charge in [-0.2, -0.15) is 5.10 Å². The Hall–Kier alpha value is -4.59. The predicted octanol–water partition coefficient (Wildman–Crippen LogP) is 4.47. The number of fused-ring (bicyclic) bond motifs is 1. The Kier molecular flexibility index (Phi) is 5.61. The van der Waals surface area contributed by atoms with Crippen molar-refractivity contribution in [3.05, 3.63) is 91.3 Å². The summed E-state index contributed by atoms with van der Waals surface area (Å²) in [5.41, 5.74) is 5.87. The average molecular weight is 516 g/mol. The largest absolute Gasteiger partial charge is 0.353 e. The summed E-state index contributed by atoms with van der Waals surface area (Å²) in [6.45, 7) is 2.98. The normalized spacial score (nSPS) is 16.4. The maximum atomic E-state index is 13.4. The molecule has 5 aromatic rings. The lowest BCUT2D eigenvalue weighted by Gasteiger charge is -2.37. The fourth-order valence-corrected chi connectivity index (χ4v) is 5.74. The Morgan fingerprint density at radius 2 is 1.67 bits per heavy atom. The van der Waals surface area contributed by atoms with Gasteiger partial charge in [-0.25, -0.2) is 15.0 Å². The van der Waals surface area contributed by atoms with Gasteiger partial charge >= 0.3 is 0 Å². The number of anilines is 1. The van der Waals surface area contributed by atoms with E-state index in [1.165, 1.54) is 0 Å². The first-order valence-electron chi connectivity index (χ1n) is 13.4. The summed E-state index contributed by atoms with van der Waals surface area (Å²) in [5, 5.41) is 5.31. The van der Waals surface area contributed by atoms with Gasteiger partial charge in [-0.3, -0.25) is 9.48 Å². The molecule has 2 fully saturated rings. The van der Waals surface area contributed by atoms with Crippen molar-refractivity contribution in [2.75, 3.05) is 31.1 Å². The zero-order valence-electron chi connectivity index (χ0n) is 21.9. The van der Waals surface area contributed by atoms with Crippen LogP contribution in [-0.2, 0) is 17.3 Å². The molecule has 0 bridgehead atoms. The minimum atomic E-state index is -0.305. The summed E-state index contributed by atoms with van der Waals surface area (Å²) in [4.78, 5) is 31.4. The molecule has 3 aromatic heterocycles. The number of carbonyl (C=O) groups is 1. The minimum absolute atomic E-state index is 0.277. The molecule has 194 valence electrons. The number of pyridine rings is 1. The first kappa shape index (κ1) is 23.5. The summed E-state index contributed by atoms with van der Waals surface area (Å²) in [5.74, 6) is 1.21. The number of benzene rings is 2. The third-order valence-electron chi connectivity index (χ3n) is 8.10. The molecule has 1 saturated carbocycles. The van der Waals surface area contributed by atoms with E-state index in [9.17, 15) is 4.79 Å². The zero-order chi connectivity index (χ0) is 26.4. The smallest absolute Gasteiger partial charge is 0.233 e. The van der Waals surface area contributed by atoms with Gasteiger partial charge in [0.25, 0.3) is 0 Å². The summed E-state index contributed by atoms with van der Waals surface area (Å²) in [6.07, 6.45) is 11.1. The lowest BCUT2D eigenvalue weighted by Crippen LogP contribution is -2.51. The van der Waals surface area contributed by atoms with E-state index >= 15 is 0 Å². The van der Waals surface area contributed by atoms with Crippen LogP contribution in [0.5, 0.6) is 0 Å². The second-order valence-corrected chi connectivity index (χ2v) is 10.5. The minimum Gasteiger partial charge on any atom is -0.353 e. The van der Waals surface area contributed by atoms with Gasteiger partial charge in [0.05, 0.1) is 17.1 Å². The molecular formula is C31H29N7O. The van der Waals surface area contributed by atoms with Crippen LogP contribution < -0.4 is 4.90 Å². The second-order valence-electron chi connectivity index (χ2n) is 10.5. The fraction of sp³-hybridized carbons (Fsp3) is 0.258. The molecule has 0 atom stereocenters. The average Bonchev–Trinajstić information content (AvgIpc) is 3.70. The Bertz CT molecular complexity index is 1650. The standard InChI is InChI=1S/C31H29N7O/c1-36-20-24(18-35-36)23-15-26(27-19-32-21-34-28(27)16-23)22-7-8-29(33-17-22)37-11-13-38(14-12-37)30(39)31(9-10-31)25-5-3-2-4-6-25/h2-8,15-21H,9-14H2,1H3. The number of hydrogen-bond donors (Lipinski definition) is 0. The molecule has 7 rings (SSSR count). The van der Waals surface area contributed by atoms with Crippen LogP contribution in [0.25, 0.3) is 33.2 Å². The number of amides is 1. The van der Waals surface area contributed by atoms with Crippen molar-refractivity contribution in [2.24, 2.45) is 7.05 Å².